The summed E-state index contributed by atoms with van der Waals surface area (Å²) in [6.07, 6.45) is 3.59. The monoisotopic (exact) mass is 342 g/mol. The van der Waals surface area contributed by atoms with Crippen LogP contribution in [0.25, 0.3) is 32.7 Å². The van der Waals surface area contributed by atoms with Gasteiger partial charge in [-0.15, -0.1) is 9.24 Å². The first-order chi connectivity index (χ1) is 12.3. The minimum absolute atomic E-state index is 1.14. The molecule has 4 aromatic carbocycles. The molecule has 0 saturated heterocycles. The average molecular weight is 342 g/mol. The molecule has 0 aliphatic carbocycles. The van der Waals surface area contributed by atoms with E-state index in [0.29, 0.717) is 0 Å². The van der Waals surface area contributed by atoms with Crippen molar-refractivity contribution >= 4 is 36.1 Å². The van der Waals surface area contributed by atoms with E-state index in [1.54, 1.807) is 0 Å². The van der Waals surface area contributed by atoms with Crippen LogP contribution in [-0.4, -0.2) is 0 Å². The van der Waals surface area contributed by atoms with Gasteiger partial charge in [-0.1, -0.05) is 86.1 Å². The number of rotatable bonds is 4. The van der Waals surface area contributed by atoms with E-state index in [9.17, 15) is 0 Å². The van der Waals surface area contributed by atoms with E-state index in [1.165, 1.54) is 56.4 Å². The van der Waals surface area contributed by atoms with Gasteiger partial charge in [0.1, 0.15) is 0 Å². The van der Waals surface area contributed by atoms with Crippen LogP contribution >= 0.6 is 9.24 Å². The first kappa shape index (κ1) is 16.3. The molecular weight excluding hydrogens is 319 g/mol. The van der Waals surface area contributed by atoms with Gasteiger partial charge in [0.15, 0.2) is 0 Å². The van der Waals surface area contributed by atoms with Crippen molar-refractivity contribution in [2.24, 2.45) is 0 Å². The molecule has 0 radical (unpaired) electrons. The van der Waals surface area contributed by atoms with Crippen LogP contribution in [0.3, 0.4) is 0 Å². The smallest absolute Gasteiger partial charge is 0.00247 e. The molecule has 0 aliphatic heterocycles. The van der Waals surface area contributed by atoms with Gasteiger partial charge < -0.3 is 0 Å². The maximum Gasteiger partial charge on any atom is -0.00247 e. The summed E-state index contributed by atoms with van der Waals surface area (Å²) in [4.78, 5) is 0. The minimum Gasteiger partial charge on any atom is -0.105 e. The van der Waals surface area contributed by atoms with Crippen LogP contribution in [0.2, 0.25) is 0 Å². The maximum absolute atomic E-state index is 3.04. The Labute approximate surface area is 152 Å². The summed E-state index contributed by atoms with van der Waals surface area (Å²) in [5.41, 5.74) is 4.15. The molecule has 0 saturated carbocycles. The maximum atomic E-state index is 3.04. The topological polar surface area (TPSA) is 0 Å². The highest BCUT2D eigenvalue weighted by atomic mass is 31.0. The average Bonchev–Trinajstić information content (AvgIpc) is 2.66. The lowest BCUT2D eigenvalue weighted by Crippen LogP contribution is -2.07. The van der Waals surface area contributed by atoms with Gasteiger partial charge in [-0.2, -0.15) is 0 Å². The van der Waals surface area contributed by atoms with Crippen molar-refractivity contribution in [1.29, 1.82) is 0 Å². The van der Waals surface area contributed by atoms with Crippen LogP contribution < -0.4 is 5.30 Å². The van der Waals surface area contributed by atoms with Crippen LogP contribution in [0.5, 0.6) is 0 Å². The Balaban J connectivity index is 2.07. The molecule has 0 nitrogen and oxygen atoms in total. The van der Waals surface area contributed by atoms with E-state index in [4.69, 9.17) is 0 Å². The molecule has 1 heteroatoms. The molecule has 0 fully saturated rings. The Morgan fingerprint density at radius 3 is 2.24 bits per heavy atom. The molecule has 0 spiro atoms. The Morgan fingerprint density at radius 1 is 0.760 bits per heavy atom. The molecule has 25 heavy (non-hydrogen) atoms. The third-order valence-corrected chi connectivity index (χ3v) is 5.69. The van der Waals surface area contributed by atoms with Gasteiger partial charge in [-0.25, -0.2) is 0 Å². The zero-order valence-corrected chi connectivity index (χ0v) is 15.8. The lowest BCUT2D eigenvalue weighted by Gasteiger charge is -2.17. The van der Waals surface area contributed by atoms with Gasteiger partial charge in [0.05, 0.1) is 0 Å². The highest BCUT2D eigenvalue weighted by Crippen LogP contribution is 2.35. The molecule has 4 aromatic rings. The predicted octanol–water partition coefficient (Wildman–Crippen LogP) is 6.50. The largest absolute Gasteiger partial charge is 0.105 e. The molecule has 0 N–H and O–H groups in total. The Morgan fingerprint density at radius 2 is 1.44 bits per heavy atom. The third kappa shape index (κ3) is 2.96. The second-order valence-corrected chi connectivity index (χ2v) is 7.25. The van der Waals surface area contributed by atoms with Crippen LogP contribution in [0.15, 0.2) is 72.8 Å². The van der Waals surface area contributed by atoms with Crippen LogP contribution in [-0.2, 0) is 6.42 Å². The van der Waals surface area contributed by atoms with Crippen LogP contribution in [0, 0.1) is 0 Å². The second-order valence-electron chi connectivity index (χ2n) is 6.68. The minimum atomic E-state index is 1.14. The molecular formula is C24H23P. The number of fused-ring (bicyclic) bond motifs is 2. The zero-order valence-electron chi connectivity index (χ0n) is 14.6. The number of aryl methyl sites for hydroxylation is 1. The fraction of sp³-hybridized carbons (Fsp3) is 0.167. The Kier molecular flexibility index (Phi) is 4.55. The summed E-state index contributed by atoms with van der Waals surface area (Å²) in [5, 5.41) is 6.65. The number of hydrogen-bond acceptors (Lipinski definition) is 0. The van der Waals surface area contributed by atoms with E-state index in [-0.39, 0.29) is 0 Å². The molecule has 124 valence electrons. The van der Waals surface area contributed by atoms with Crippen molar-refractivity contribution in [3.05, 3.63) is 78.4 Å². The summed E-state index contributed by atoms with van der Waals surface area (Å²) in [5.74, 6) is 0. The van der Waals surface area contributed by atoms with E-state index >= 15 is 0 Å². The van der Waals surface area contributed by atoms with E-state index in [2.05, 4.69) is 89.0 Å². The van der Waals surface area contributed by atoms with E-state index < -0.39 is 0 Å². The first-order valence-electron chi connectivity index (χ1n) is 9.08. The fourth-order valence-electron chi connectivity index (χ4n) is 3.73. The summed E-state index contributed by atoms with van der Waals surface area (Å²) in [7, 11) is 3.04. The van der Waals surface area contributed by atoms with Crippen LogP contribution in [0.1, 0.15) is 25.3 Å². The molecule has 0 aromatic heterocycles. The van der Waals surface area contributed by atoms with Gasteiger partial charge in [0, 0.05) is 0 Å². The van der Waals surface area contributed by atoms with Gasteiger partial charge in [-0.05, 0) is 56.4 Å². The summed E-state index contributed by atoms with van der Waals surface area (Å²) in [6, 6.07) is 26.5. The summed E-state index contributed by atoms with van der Waals surface area (Å²) >= 11 is 0. The molecule has 4 rings (SSSR count). The van der Waals surface area contributed by atoms with Crippen molar-refractivity contribution in [3.63, 3.8) is 0 Å². The SMILES string of the molecule is CCCCc1cc2ccccc2c(-c2cccc3ccccc23)c1P. The van der Waals surface area contributed by atoms with Gasteiger partial charge >= 0.3 is 0 Å². The number of benzene rings is 4. The standard InChI is InChI=1S/C24H23P/c1-2-3-9-19-16-18-11-5-7-14-21(18)23(24(19)25)22-15-8-12-17-10-4-6-13-20(17)22/h4-8,10-16H,2-3,9,25H2,1H3. The lowest BCUT2D eigenvalue weighted by atomic mass is 9.91. The van der Waals surface area contributed by atoms with Crippen molar-refractivity contribution in [1.82, 2.24) is 0 Å². The third-order valence-electron chi connectivity index (χ3n) is 5.03. The highest BCUT2D eigenvalue weighted by molar-refractivity contribution is 7.28. The van der Waals surface area contributed by atoms with Gasteiger partial charge in [-0.3, -0.25) is 0 Å². The molecule has 0 heterocycles. The molecule has 0 aliphatic rings. The Bertz CT molecular complexity index is 1040. The molecule has 1 unspecified atom stereocenters. The molecule has 0 bridgehead atoms. The van der Waals surface area contributed by atoms with Gasteiger partial charge in [0.2, 0.25) is 0 Å². The second kappa shape index (κ2) is 6.98. The van der Waals surface area contributed by atoms with Crippen molar-refractivity contribution in [2.45, 2.75) is 26.2 Å². The van der Waals surface area contributed by atoms with Gasteiger partial charge in [0.25, 0.3) is 0 Å². The number of hydrogen-bond donors (Lipinski definition) is 0. The Hall–Kier alpha value is -2.17. The van der Waals surface area contributed by atoms with Crippen molar-refractivity contribution < 1.29 is 0 Å². The van der Waals surface area contributed by atoms with Crippen molar-refractivity contribution in [3.8, 4) is 11.1 Å². The predicted molar refractivity (Wildman–Crippen MR) is 115 cm³/mol. The summed E-state index contributed by atoms with van der Waals surface area (Å²) < 4.78 is 0. The fourth-order valence-corrected chi connectivity index (χ4v) is 4.27. The summed E-state index contributed by atoms with van der Waals surface area (Å²) in [6.45, 7) is 2.26. The lowest BCUT2D eigenvalue weighted by molar-refractivity contribution is 0.799. The number of unbranched alkanes of at least 4 members (excludes halogenated alkanes) is 1. The molecule has 1 atom stereocenters. The molecule has 0 amide bonds. The zero-order chi connectivity index (χ0) is 17.2. The quantitative estimate of drug-likeness (QED) is 0.371. The van der Waals surface area contributed by atoms with Crippen LogP contribution in [0.4, 0.5) is 0 Å². The normalized spacial score (nSPS) is 11.3. The van der Waals surface area contributed by atoms with Crippen molar-refractivity contribution in [2.75, 3.05) is 0 Å². The van der Waals surface area contributed by atoms with E-state index in [1.807, 2.05) is 0 Å². The van der Waals surface area contributed by atoms with E-state index in [0.717, 1.165) is 6.42 Å². The first-order valence-corrected chi connectivity index (χ1v) is 9.65. The highest BCUT2D eigenvalue weighted by Gasteiger charge is 2.14.